The summed E-state index contributed by atoms with van der Waals surface area (Å²) in [6.45, 7) is 7.55. The van der Waals surface area contributed by atoms with Gasteiger partial charge in [-0.25, -0.2) is 0 Å². The molecule has 1 amide bonds. The lowest BCUT2D eigenvalue weighted by atomic mass is 10.2. The highest BCUT2D eigenvalue weighted by molar-refractivity contribution is 5.96. The van der Waals surface area contributed by atoms with Crippen molar-refractivity contribution >= 4 is 18.3 Å². The van der Waals surface area contributed by atoms with Gasteiger partial charge in [-0.1, -0.05) is 12.1 Å². The van der Waals surface area contributed by atoms with E-state index < -0.39 is 0 Å². The average Bonchev–Trinajstić information content (AvgIpc) is 3.02. The molecule has 1 aliphatic rings. The third kappa shape index (κ3) is 3.28. The largest absolute Gasteiger partial charge is 0.337 e. The molecule has 3 rings (SSSR count). The molecule has 23 heavy (non-hydrogen) atoms. The van der Waals surface area contributed by atoms with Gasteiger partial charge in [-0.3, -0.25) is 4.79 Å². The Bertz CT molecular complexity index is 723. The molecule has 5 heteroatoms. The van der Waals surface area contributed by atoms with Gasteiger partial charge in [0.25, 0.3) is 5.91 Å². The summed E-state index contributed by atoms with van der Waals surface area (Å²) in [5.41, 5.74) is 11.1. The number of nitrogens with zero attached hydrogens (tertiary/aromatic N) is 2. The summed E-state index contributed by atoms with van der Waals surface area (Å²) in [5.74, 6) is 0.0972. The Morgan fingerprint density at radius 2 is 1.96 bits per heavy atom. The second-order valence-corrected chi connectivity index (χ2v) is 6.26. The molecule has 0 radical (unpaired) electrons. The van der Waals surface area contributed by atoms with Crippen LogP contribution in [0.25, 0.3) is 5.69 Å². The Kier molecular flexibility index (Phi) is 5.17. The van der Waals surface area contributed by atoms with Gasteiger partial charge < -0.3 is 15.2 Å². The minimum Gasteiger partial charge on any atom is -0.337 e. The number of carbonyl (C=O) groups excluding carboxylic acids is 1. The van der Waals surface area contributed by atoms with Crippen LogP contribution < -0.4 is 5.73 Å². The minimum absolute atomic E-state index is 0. The molecule has 1 saturated heterocycles. The Morgan fingerprint density at radius 1 is 1.22 bits per heavy atom. The molecule has 2 N–H and O–H groups in total. The summed E-state index contributed by atoms with van der Waals surface area (Å²) >= 11 is 0. The standard InChI is InChI=1S/C18H23N3O.ClH/c1-12-5-4-6-16(9-12)21-13(2)10-17(14(21)3)18(22)20-8-7-15(19)11-20;/h4-6,9-10,15H,7-8,11,19H2,1-3H3;1H/t15-;/m1./s1. The smallest absolute Gasteiger partial charge is 0.255 e. The highest BCUT2D eigenvalue weighted by Gasteiger charge is 2.27. The van der Waals surface area contributed by atoms with Crippen LogP contribution in [0, 0.1) is 20.8 Å². The van der Waals surface area contributed by atoms with Gasteiger partial charge in [-0.2, -0.15) is 0 Å². The lowest BCUT2D eigenvalue weighted by Crippen LogP contribution is -2.32. The number of aryl methyl sites for hydroxylation is 2. The zero-order chi connectivity index (χ0) is 15.9. The lowest BCUT2D eigenvalue weighted by Gasteiger charge is -2.16. The number of benzene rings is 1. The fourth-order valence-electron chi connectivity index (χ4n) is 3.29. The second kappa shape index (κ2) is 6.77. The first-order valence-electron chi connectivity index (χ1n) is 7.78. The third-order valence-corrected chi connectivity index (χ3v) is 4.43. The molecule has 2 aromatic rings. The molecule has 0 unspecified atom stereocenters. The number of hydrogen-bond acceptors (Lipinski definition) is 2. The van der Waals surface area contributed by atoms with Gasteiger partial charge in [0.05, 0.1) is 5.56 Å². The van der Waals surface area contributed by atoms with E-state index in [1.165, 1.54) is 5.56 Å². The lowest BCUT2D eigenvalue weighted by molar-refractivity contribution is 0.0790. The molecule has 1 aliphatic heterocycles. The van der Waals surface area contributed by atoms with E-state index in [9.17, 15) is 4.79 Å². The highest BCUT2D eigenvalue weighted by Crippen LogP contribution is 2.23. The van der Waals surface area contributed by atoms with Gasteiger partial charge in [-0.15, -0.1) is 12.4 Å². The van der Waals surface area contributed by atoms with E-state index in [0.717, 1.165) is 35.6 Å². The van der Waals surface area contributed by atoms with Crippen molar-refractivity contribution in [2.24, 2.45) is 5.73 Å². The van der Waals surface area contributed by atoms with E-state index in [-0.39, 0.29) is 24.4 Å². The van der Waals surface area contributed by atoms with Crippen molar-refractivity contribution in [2.45, 2.75) is 33.2 Å². The quantitative estimate of drug-likeness (QED) is 0.918. The number of halogens is 1. The number of aromatic nitrogens is 1. The zero-order valence-electron chi connectivity index (χ0n) is 13.9. The molecule has 1 aromatic carbocycles. The van der Waals surface area contributed by atoms with Crippen molar-refractivity contribution in [1.82, 2.24) is 9.47 Å². The maximum Gasteiger partial charge on any atom is 0.255 e. The topological polar surface area (TPSA) is 51.3 Å². The first kappa shape index (κ1) is 17.6. The van der Waals surface area contributed by atoms with Gasteiger partial charge >= 0.3 is 0 Å². The van der Waals surface area contributed by atoms with E-state index in [4.69, 9.17) is 5.73 Å². The van der Waals surface area contributed by atoms with Crippen molar-refractivity contribution in [2.75, 3.05) is 13.1 Å². The van der Waals surface area contributed by atoms with Crippen LogP contribution in [0.5, 0.6) is 0 Å². The molecule has 1 fully saturated rings. The van der Waals surface area contributed by atoms with E-state index >= 15 is 0 Å². The molecule has 0 saturated carbocycles. The zero-order valence-corrected chi connectivity index (χ0v) is 14.7. The number of nitrogens with two attached hydrogens (primary N) is 1. The molecule has 4 nitrogen and oxygen atoms in total. The molecule has 1 atom stereocenters. The molecule has 0 spiro atoms. The van der Waals surface area contributed by atoms with E-state index in [0.29, 0.717) is 6.54 Å². The van der Waals surface area contributed by atoms with Crippen LogP contribution in [-0.2, 0) is 0 Å². The molecular formula is C18H24ClN3O. The van der Waals surface area contributed by atoms with E-state index in [1.54, 1.807) is 0 Å². The maximum absolute atomic E-state index is 12.7. The number of likely N-dealkylation sites (tertiary alicyclic amines) is 1. The molecule has 2 heterocycles. The summed E-state index contributed by atoms with van der Waals surface area (Å²) in [7, 11) is 0. The Morgan fingerprint density at radius 3 is 2.57 bits per heavy atom. The summed E-state index contributed by atoms with van der Waals surface area (Å²) in [5, 5.41) is 0. The fourth-order valence-corrected chi connectivity index (χ4v) is 3.29. The van der Waals surface area contributed by atoms with Crippen LogP contribution in [0.2, 0.25) is 0 Å². The van der Waals surface area contributed by atoms with E-state index in [2.05, 4.69) is 29.7 Å². The van der Waals surface area contributed by atoms with Crippen molar-refractivity contribution in [3.05, 3.63) is 52.8 Å². The summed E-state index contributed by atoms with van der Waals surface area (Å²) < 4.78 is 2.15. The summed E-state index contributed by atoms with van der Waals surface area (Å²) in [6, 6.07) is 10.4. The molecule has 1 aromatic heterocycles. The van der Waals surface area contributed by atoms with Crippen LogP contribution in [0.1, 0.15) is 33.7 Å². The van der Waals surface area contributed by atoms with Crippen molar-refractivity contribution < 1.29 is 4.79 Å². The second-order valence-electron chi connectivity index (χ2n) is 6.26. The van der Waals surface area contributed by atoms with Crippen LogP contribution in [-0.4, -0.2) is 34.5 Å². The fraction of sp³-hybridized carbons (Fsp3) is 0.389. The Labute approximate surface area is 143 Å². The summed E-state index contributed by atoms with van der Waals surface area (Å²) in [4.78, 5) is 14.6. The van der Waals surface area contributed by atoms with Gasteiger partial charge in [0, 0.05) is 36.2 Å². The number of amides is 1. The van der Waals surface area contributed by atoms with Crippen molar-refractivity contribution in [3.8, 4) is 5.69 Å². The average molecular weight is 334 g/mol. The first-order chi connectivity index (χ1) is 10.5. The molecule has 0 bridgehead atoms. The van der Waals surface area contributed by atoms with Gasteiger partial charge in [0.15, 0.2) is 0 Å². The van der Waals surface area contributed by atoms with Gasteiger partial charge in [0.2, 0.25) is 0 Å². The third-order valence-electron chi connectivity index (χ3n) is 4.43. The molecule has 0 aliphatic carbocycles. The maximum atomic E-state index is 12.7. The Hall–Kier alpha value is -1.78. The predicted molar refractivity (Wildman–Crippen MR) is 95.7 cm³/mol. The van der Waals surface area contributed by atoms with Crippen LogP contribution in [0.4, 0.5) is 0 Å². The van der Waals surface area contributed by atoms with Crippen LogP contribution >= 0.6 is 12.4 Å². The number of rotatable bonds is 2. The van der Waals surface area contributed by atoms with Crippen LogP contribution in [0.3, 0.4) is 0 Å². The predicted octanol–water partition coefficient (Wildman–Crippen LogP) is 3.00. The minimum atomic E-state index is 0. The monoisotopic (exact) mass is 333 g/mol. The number of carbonyl (C=O) groups is 1. The van der Waals surface area contributed by atoms with Crippen molar-refractivity contribution in [3.63, 3.8) is 0 Å². The Balaban J connectivity index is 0.00000192. The van der Waals surface area contributed by atoms with Gasteiger partial charge in [-0.05, 0) is 51.0 Å². The van der Waals surface area contributed by atoms with Gasteiger partial charge in [0.1, 0.15) is 0 Å². The number of hydrogen-bond donors (Lipinski definition) is 1. The van der Waals surface area contributed by atoms with E-state index in [1.807, 2.05) is 30.9 Å². The SMILES string of the molecule is Cc1cccc(-n2c(C)cc(C(=O)N3CC[C@@H](N)C3)c2C)c1.Cl. The first-order valence-corrected chi connectivity index (χ1v) is 7.78. The highest BCUT2D eigenvalue weighted by atomic mass is 35.5. The van der Waals surface area contributed by atoms with Crippen molar-refractivity contribution in [1.29, 1.82) is 0 Å². The normalized spacial score (nSPS) is 17.2. The van der Waals surface area contributed by atoms with Crippen LogP contribution in [0.15, 0.2) is 30.3 Å². The molecule has 124 valence electrons. The molecular weight excluding hydrogens is 310 g/mol. The summed E-state index contributed by atoms with van der Waals surface area (Å²) in [6.07, 6.45) is 0.891.